The van der Waals surface area contributed by atoms with Crippen molar-refractivity contribution in [2.75, 3.05) is 0 Å². The van der Waals surface area contributed by atoms with Gasteiger partial charge in [-0.1, -0.05) is 18.5 Å². The average molecular weight is 296 g/mol. The summed E-state index contributed by atoms with van der Waals surface area (Å²) in [6, 6.07) is 1.68. The quantitative estimate of drug-likeness (QED) is 0.943. The van der Waals surface area contributed by atoms with Crippen LogP contribution in [0.3, 0.4) is 0 Å². The average Bonchev–Trinajstić information content (AvgIpc) is 2.84. The maximum atomic E-state index is 12.0. The topological polar surface area (TPSA) is 54.9 Å². The molecule has 0 fully saturated rings. The molecule has 0 atom stereocenters. The first-order valence-electron chi connectivity index (χ1n) is 5.94. The molecule has 4 nitrogen and oxygen atoms in total. The van der Waals surface area contributed by atoms with Crippen molar-refractivity contribution >= 4 is 28.8 Å². The van der Waals surface area contributed by atoms with Gasteiger partial charge in [0.2, 0.25) is 0 Å². The zero-order valence-corrected chi connectivity index (χ0v) is 12.3. The lowest BCUT2D eigenvalue weighted by Gasteiger charge is -2.05. The summed E-state index contributed by atoms with van der Waals surface area (Å²) < 4.78 is 0. The van der Waals surface area contributed by atoms with E-state index in [9.17, 15) is 4.79 Å². The van der Waals surface area contributed by atoms with Gasteiger partial charge in [0.15, 0.2) is 0 Å². The van der Waals surface area contributed by atoms with Gasteiger partial charge in [0, 0.05) is 23.0 Å². The van der Waals surface area contributed by atoms with Gasteiger partial charge in [-0.2, -0.15) is 0 Å². The predicted octanol–water partition coefficient (Wildman–Crippen LogP) is 2.99. The summed E-state index contributed by atoms with van der Waals surface area (Å²) in [6.07, 6.45) is 4.29. The van der Waals surface area contributed by atoms with Crippen molar-refractivity contribution in [2.24, 2.45) is 0 Å². The molecule has 1 amide bonds. The Balaban J connectivity index is 2.01. The highest BCUT2D eigenvalue weighted by molar-refractivity contribution is 7.11. The highest BCUT2D eigenvalue weighted by Crippen LogP contribution is 2.16. The summed E-state index contributed by atoms with van der Waals surface area (Å²) >= 11 is 7.62. The first kappa shape index (κ1) is 14.0. The molecule has 1 N–H and O–H groups in total. The summed E-state index contributed by atoms with van der Waals surface area (Å²) in [6.45, 7) is 4.32. The number of halogens is 1. The Morgan fingerprint density at radius 2 is 2.21 bits per heavy atom. The number of thiazole rings is 1. The van der Waals surface area contributed by atoms with E-state index in [2.05, 4.69) is 22.2 Å². The molecule has 0 saturated carbocycles. The van der Waals surface area contributed by atoms with Gasteiger partial charge in [0.25, 0.3) is 5.91 Å². The second-order valence-corrected chi connectivity index (χ2v) is 5.67. The summed E-state index contributed by atoms with van der Waals surface area (Å²) in [5.41, 5.74) is 1.17. The number of aryl methyl sites for hydroxylation is 2. The first-order chi connectivity index (χ1) is 9.10. The summed E-state index contributed by atoms with van der Waals surface area (Å²) in [5.74, 6) is -0.231. The number of carbonyl (C=O) groups excluding carboxylic acids is 1. The van der Waals surface area contributed by atoms with Gasteiger partial charge in [-0.05, 0) is 19.4 Å². The monoisotopic (exact) mass is 295 g/mol. The van der Waals surface area contributed by atoms with Crippen molar-refractivity contribution in [3.05, 3.63) is 44.6 Å². The Kier molecular flexibility index (Phi) is 4.50. The van der Waals surface area contributed by atoms with Crippen molar-refractivity contribution in [2.45, 2.75) is 26.8 Å². The lowest BCUT2D eigenvalue weighted by molar-refractivity contribution is 0.0950. The Hall–Kier alpha value is -1.46. The lowest BCUT2D eigenvalue weighted by atomic mass is 10.2. The third-order valence-corrected chi connectivity index (χ3v) is 4.04. The lowest BCUT2D eigenvalue weighted by Crippen LogP contribution is -2.23. The van der Waals surface area contributed by atoms with Crippen molar-refractivity contribution in [1.82, 2.24) is 15.3 Å². The number of carbonyl (C=O) groups is 1. The van der Waals surface area contributed by atoms with Crippen LogP contribution >= 0.6 is 22.9 Å². The molecule has 0 radical (unpaired) electrons. The molecule has 2 heterocycles. The molecule has 19 heavy (non-hydrogen) atoms. The van der Waals surface area contributed by atoms with Gasteiger partial charge in [-0.15, -0.1) is 11.3 Å². The molecule has 2 aromatic heterocycles. The highest BCUT2D eigenvalue weighted by Gasteiger charge is 2.11. The zero-order valence-electron chi connectivity index (χ0n) is 10.7. The summed E-state index contributed by atoms with van der Waals surface area (Å²) in [5, 5.41) is 4.10. The number of hydrogen-bond donors (Lipinski definition) is 1. The highest BCUT2D eigenvalue weighted by atomic mass is 35.5. The van der Waals surface area contributed by atoms with Crippen LogP contribution in [0, 0.1) is 6.92 Å². The Labute approximate surface area is 120 Å². The predicted molar refractivity (Wildman–Crippen MR) is 76.6 cm³/mol. The smallest absolute Gasteiger partial charge is 0.254 e. The molecular formula is C13H14ClN3OS. The minimum Gasteiger partial charge on any atom is -0.345 e. The third-order valence-electron chi connectivity index (χ3n) is 2.58. The van der Waals surface area contributed by atoms with E-state index >= 15 is 0 Å². The van der Waals surface area contributed by atoms with E-state index in [0.717, 1.165) is 17.1 Å². The molecule has 0 unspecified atom stereocenters. The first-order valence-corrected chi connectivity index (χ1v) is 7.13. The third kappa shape index (κ3) is 3.52. The van der Waals surface area contributed by atoms with Crippen LogP contribution < -0.4 is 5.32 Å². The van der Waals surface area contributed by atoms with E-state index in [4.69, 9.17) is 11.6 Å². The van der Waals surface area contributed by atoms with Crippen molar-refractivity contribution in [3.63, 3.8) is 0 Å². The van der Waals surface area contributed by atoms with Crippen LogP contribution in [0.5, 0.6) is 0 Å². The molecule has 0 bridgehead atoms. The van der Waals surface area contributed by atoms with E-state index in [-0.39, 0.29) is 5.91 Å². The van der Waals surface area contributed by atoms with Gasteiger partial charge in [-0.3, -0.25) is 9.78 Å². The number of rotatable bonds is 4. The van der Waals surface area contributed by atoms with Crippen LogP contribution in [0.2, 0.25) is 5.02 Å². The number of pyridine rings is 1. The minimum absolute atomic E-state index is 0.231. The van der Waals surface area contributed by atoms with Crippen LogP contribution in [-0.2, 0) is 13.0 Å². The summed E-state index contributed by atoms with van der Waals surface area (Å²) in [7, 11) is 0. The molecule has 0 spiro atoms. The SMILES string of the molecule is CCc1cnc(CNC(=O)c2cnc(C)cc2Cl)s1. The molecule has 0 saturated heterocycles. The normalized spacial score (nSPS) is 10.5. The largest absolute Gasteiger partial charge is 0.345 e. The van der Waals surface area contributed by atoms with Gasteiger partial charge in [-0.25, -0.2) is 4.98 Å². The van der Waals surface area contributed by atoms with Gasteiger partial charge >= 0.3 is 0 Å². The van der Waals surface area contributed by atoms with E-state index in [1.54, 1.807) is 17.4 Å². The van der Waals surface area contributed by atoms with Crippen molar-refractivity contribution in [1.29, 1.82) is 0 Å². The minimum atomic E-state index is -0.231. The number of nitrogens with zero attached hydrogens (tertiary/aromatic N) is 2. The van der Waals surface area contributed by atoms with Gasteiger partial charge in [0.1, 0.15) is 5.01 Å². The fourth-order valence-electron chi connectivity index (χ4n) is 1.54. The van der Waals surface area contributed by atoms with Crippen LogP contribution in [0.1, 0.15) is 32.9 Å². The van der Waals surface area contributed by atoms with Crippen LogP contribution in [-0.4, -0.2) is 15.9 Å². The van der Waals surface area contributed by atoms with Crippen LogP contribution in [0.15, 0.2) is 18.5 Å². The number of nitrogens with one attached hydrogen (secondary N) is 1. The maximum Gasteiger partial charge on any atom is 0.254 e. The van der Waals surface area contributed by atoms with E-state index in [0.29, 0.717) is 17.1 Å². The molecule has 0 aliphatic carbocycles. The standard InChI is InChI=1S/C13H14ClN3OS/c1-3-9-5-16-12(19-9)7-17-13(18)10-6-15-8(2)4-11(10)14/h4-6H,3,7H2,1-2H3,(H,17,18). The zero-order chi connectivity index (χ0) is 13.8. The Morgan fingerprint density at radius 1 is 1.42 bits per heavy atom. The number of amides is 1. The second kappa shape index (κ2) is 6.12. The van der Waals surface area contributed by atoms with E-state index in [1.165, 1.54) is 11.1 Å². The fourth-order valence-corrected chi connectivity index (χ4v) is 2.63. The van der Waals surface area contributed by atoms with Crippen LogP contribution in [0.4, 0.5) is 0 Å². The molecule has 0 aliphatic heterocycles. The van der Waals surface area contributed by atoms with E-state index < -0.39 is 0 Å². The molecule has 2 aromatic rings. The van der Waals surface area contributed by atoms with Crippen molar-refractivity contribution < 1.29 is 4.79 Å². The molecule has 100 valence electrons. The fraction of sp³-hybridized carbons (Fsp3) is 0.308. The maximum absolute atomic E-state index is 12.0. The number of aromatic nitrogens is 2. The summed E-state index contributed by atoms with van der Waals surface area (Å²) in [4.78, 5) is 21.5. The molecular weight excluding hydrogens is 282 g/mol. The molecule has 0 aromatic carbocycles. The second-order valence-electron chi connectivity index (χ2n) is 4.06. The van der Waals surface area contributed by atoms with Crippen LogP contribution in [0.25, 0.3) is 0 Å². The van der Waals surface area contributed by atoms with Gasteiger partial charge in [0.05, 0.1) is 17.1 Å². The number of hydrogen-bond acceptors (Lipinski definition) is 4. The van der Waals surface area contributed by atoms with Gasteiger partial charge < -0.3 is 5.32 Å². The molecule has 0 aliphatic rings. The molecule has 6 heteroatoms. The Bertz CT molecular complexity index is 597. The van der Waals surface area contributed by atoms with Crippen molar-refractivity contribution in [3.8, 4) is 0 Å². The van der Waals surface area contributed by atoms with E-state index in [1.807, 2.05) is 13.1 Å². The molecule has 2 rings (SSSR count). The Morgan fingerprint density at radius 3 is 2.84 bits per heavy atom.